The number of piperidine rings is 1. The molecule has 1 aromatic rings. The molecule has 1 aromatic carbocycles. The molecule has 0 spiro atoms. The molecule has 0 unspecified atom stereocenters. The summed E-state index contributed by atoms with van der Waals surface area (Å²) in [7, 11) is 0. The van der Waals surface area contributed by atoms with E-state index in [-0.39, 0.29) is 19.4 Å². The van der Waals surface area contributed by atoms with Crippen molar-refractivity contribution in [1.29, 1.82) is 0 Å². The molecule has 1 saturated heterocycles. The van der Waals surface area contributed by atoms with Crippen molar-refractivity contribution in [2.24, 2.45) is 0 Å². The number of hydrogen-bond acceptors (Lipinski definition) is 2. The normalized spacial score (nSPS) is 19.4. The van der Waals surface area contributed by atoms with Crippen molar-refractivity contribution < 1.29 is 13.9 Å². The molecular weight excluding hydrogens is 224 g/mol. The number of halogens is 2. The van der Waals surface area contributed by atoms with Crippen LogP contribution in [-0.4, -0.2) is 24.1 Å². The van der Waals surface area contributed by atoms with E-state index in [1.807, 2.05) is 30.0 Å². The Morgan fingerprint density at radius 3 is 2.53 bits per heavy atom. The average Bonchev–Trinajstić information content (AvgIpc) is 2.30. The number of benzene rings is 1. The topological polar surface area (TPSA) is 23.5 Å². The summed E-state index contributed by atoms with van der Waals surface area (Å²) in [5.41, 5.74) is 2.81. The van der Waals surface area contributed by atoms with E-state index >= 15 is 0 Å². The second-order valence-electron chi connectivity index (χ2n) is 4.61. The summed E-state index contributed by atoms with van der Waals surface area (Å²) in [4.78, 5) is 1.95. The number of nitrogens with zero attached hydrogens (tertiary/aromatic N) is 1. The van der Waals surface area contributed by atoms with Crippen molar-refractivity contribution in [3.05, 3.63) is 29.3 Å². The van der Waals surface area contributed by atoms with E-state index in [9.17, 15) is 13.9 Å². The van der Waals surface area contributed by atoms with Crippen molar-refractivity contribution in [3.8, 4) is 0 Å². The highest BCUT2D eigenvalue weighted by atomic mass is 19.3. The third-order valence-electron chi connectivity index (χ3n) is 3.36. The molecule has 0 atom stereocenters. The van der Waals surface area contributed by atoms with Crippen LogP contribution in [0, 0.1) is 6.92 Å². The van der Waals surface area contributed by atoms with Gasteiger partial charge in [-0.1, -0.05) is 6.07 Å². The van der Waals surface area contributed by atoms with Gasteiger partial charge >= 0.3 is 0 Å². The summed E-state index contributed by atoms with van der Waals surface area (Å²) in [5.74, 6) is -2.51. The fraction of sp³-hybridized carbons (Fsp3) is 0.538. The highest BCUT2D eigenvalue weighted by Gasteiger charge is 2.34. The van der Waals surface area contributed by atoms with Crippen LogP contribution in [-0.2, 0) is 6.61 Å². The Morgan fingerprint density at radius 2 is 1.94 bits per heavy atom. The van der Waals surface area contributed by atoms with Gasteiger partial charge in [-0.25, -0.2) is 8.78 Å². The van der Waals surface area contributed by atoms with Crippen molar-refractivity contribution in [3.63, 3.8) is 0 Å². The van der Waals surface area contributed by atoms with E-state index in [0.717, 1.165) is 16.8 Å². The second-order valence-corrected chi connectivity index (χ2v) is 4.61. The van der Waals surface area contributed by atoms with E-state index in [4.69, 9.17) is 0 Å². The Morgan fingerprint density at radius 1 is 1.29 bits per heavy atom. The quantitative estimate of drug-likeness (QED) is 0.860. The third-order valence-corrected chi connectivity index (χ3v) is 3.36. The van der Waals surface area contributed by atoms with E-state index in [1.54, 1.807) is 0 Å². The number of hydrogen-bond donors (Lipinski definition) is 1. The molecule has 17 heavy (non-hydrogen) atoms. The predicted molar refractivity (Wildman–Crippen MR) is 63.5 cm³/mol. The van der Waals surface area contributed by atoms with Gasteiger partial charge in [-0.2, -0.15) is 0 Å². The van der Waals surface area contributed by atoms with E-state index in [2.05, 4.69) is 0 Å². The molecule has 0 amide bonds. The van der Waals surface area contributed by atoms with E-state index in [1.165, 1.54) is 0 Å². The zero-order valence-corrected chi connectivity index (χ0v) is 9.92. The summed E-state index contributed by atoms with van der Waals surface area (Å²) in [6, 6.07) is 5.74. The fourth-order valence-electron chi connectivity index (χ4n) is 2.12. The average molecular weight is 241 g/mol. The summed E-state index contributed by atoms with van der Waals surface area (Å²) in [6.07, 6.45) is -0.176. The van der Waals surface area contributed by atoms with Crippen LogP contribution in [0.2, 0.25) is 0 Å². The second kappa shape index (κ2) is 4.61. The van der Waals surface area contributed by atoms with Crippen molar-refractivity contribution in [2.45, 2.75) is 32.3 Å². The molecule has 0 saturated carbocycles. The van der Waals surface area contributed by atoms with Gasteiger partial charge in [-0.15, -0.1) is 0 Å². The number of aliphatic hydroxyl groups excluding tert-OH is 1. The van der Waals surface area contributed by atoms with E-state index < -0.39 is 5.92 Å². The Hall–Kier alpha value is -1.16. The highest BCUT2D eigenvalue weighted by molar-refractivity contribution is 5.51. The Kier molecular flexibility index (Phi) is 3.33. The molecule has 2 rings (SSSR count). The molecule has 2 nitrogen and oxygen atoms in total. The first-order valence-electron chi connectivity index (χ1n) is 5.85. The standard InChI is InChI=1S/C13H17F2NO/c1-10-2-3-12(8-11(10)9-17)16-6-4-13(14,15)5-7-16/h2-3,8,17H,4-7,9H2,1H3. The fourth-order valence-corrected chi connectivity index (χ4v) is 2.12. The van der Waals surface area contributed by atoms with Gasteiger partial charge in [0.1, 0.15) is 0 Å². The zero-order chi connectivity index (χ0) is 12.5. The third kappa shape index (κ3) is 2.75. The SMILES string of the molecule is Cc1ccc(N2CCC(F)(F)CC2)cc1CO. The maximum atomic E-state index is 13.0. The van der Waals surface area contributed by atoms with Crippen LogP contribution >= 0.6 is 0 Å². The van der Waals surface area contributed by atoms with Crippen LogP contribution < -0.4 is 4.90 Å². The molecule has 4 heteroatoms. The minimum Gasteiger partial charge on any atom is -0.392 e. The van der Waals surface area contributed by atoms with Crippen LogP contribution in [0.4, 0.5) is 14.5 Å². The lowest BCUT2D eigenvalue weighted by molar-refractivity contribution is -0.0220. The van der Waals surface area contributed by atoms with Crippen molar-refractivity contribution in [1.82, 2.24) is 0 Å². The minimum atomic E-state index is -2.51. The minimum absolute atomic E-state index is 0.0102. The molecule has 1 fully saturated rings. The number of anilines is 1. The van der Waals surface area contributed by atoms with E-state index in [0.29, 0.717) is 13.1 Å². The Balaban J connectivity index is 2.13. The largest absolute Gasteiger partial charge is 0.392 e. The maximum Gasteiger partial charge on any atom is 0.251 e. The van der Waals surface area contributed by atoms with Gasteiger partial charge in [0.15, 0.2) is 0 Å². The first kappa shape index (κ1) is 12.3. The molecule has 1 aliphatic rings. The van der Waals surface area contributed by atoms with Gasteiger partial charge in [0.05, 0.1) is 6.61 Å². The summed E-state index contributed by atoms with van der Waals surface area (Å²) in [6.45, 7) is 2.67. The monoisotopic (exact) mass is 241 g/mol. The van der Waals surface area contributed by atoms with Crippen LogP contribution in [0.1, 0.15) is 24.0 Å². The van der Waals surface area contributed by atoms with Gasteiger partial charge in [0.2, 0.25) is 0 Å². The molecule has 94 valence electrons. The first-order chi connectivity index (χ1) is 8.02. The van der Waals surface area contributed by atoms with Gasteiger partial charge in [0, 0.05) is 31.6 Å². The number of aryl methyl sites for hydroxylation is 1. The van der Waals surface area contributed by atoms with Crippen molar-refractivity contribution >= 4 is 5.69 Å². The summed E-state index contributed by atoms with van der Waals surface area (Å²) >= 11 is 0. The molecular formula is C13H17F2NO. The zero-order valence-electron chi connectivity index (χ0n) is 9.92. The Bertz CT molecular complexity index is 396. The predicted octanol–water partition coefficient (Wildman–Crippen LogP) is 2.72. The van der Waals surface area contributed by atoms with Gasteiger partial charge in [-0.3, -0.25) is 0 Å². The highest BCUT2D eigenvalue weighted by Crippen LogP contribution is 2.31. The van der Waals surface area contributed by atoms with Gasteiger partial charge in [0.25, 0.3) is 5.92 Å². The molecule has 0 radical (unpaired) electrons. The molecule has 0 bridgehead atoms. The molecule has 1 heterocycles. The van der Waals surface area contributed by atoms with Gasteiger partial charge < -0.3 is 10.0 Å². The number of alkyl halides is 2. The lowest BCUT2D eigenvalue weighted by Crippen LogP contribution is -2.39. The first-order valence-corrected chi connectivity index (χ1v) is 5.85. The van der Waals surface area contributed by atoms with Crippen LogP contribution in [0.3, 0.4) is 0 Å². The molecule has 1 aliphatic heterocycles. The van der Waals surface area contributed by atoms with Crippen LogP contribution in [0.25, 0.3) is 0 Å². The Labute approximate surface area is 99.9 Å². The molecule has 0 aromatic heterocycles. The van der Waals surface area contributed by atoms with Crippen LogP contribution in [0.5, 0.6) is 0 Å². The number of rotatable bonds is 2. The molecule has 0 aliphatic carbocycles. The van der Waals surface area contributed by atoms with Crippen molar-refractivity contribution in [2.75, 3.05) is 18.0 Å². The lowest BCUT2D eigenvalue weighted by Gasteiger charge is -2.33. The maximum absolute atomic E-state index is 13.0. The molecule has 1 N–H and O–H groups in total. The smallest absolute Gasteiger partial charge is 0.251 e. The summed E-state index contributed by atoms with van der Waals surface area (Å²) in [5, 5.41) is 9.19. The lowest BCUT2D eigenvalue weighted by atomic mass is 10.0. The van der Waals surface area contributed by atoms with Gasteiger partial charge in [-0.05, 0) is 30.2 Å². The summed E-state index contributed by atoms with van der Waals surface area (Å²) < 4.78 is 26.1. The number of aliphatic hydroxyl groups is 1. The van der Waals surface area contributed by atoms with Crippen LogP contribution in [0.15, 0.2) is 18.2 Å².